The van der Waals surface area contributed by atoms with Crippen LogP contribution in [0.15, 0.2) is 53.6 Å². The summed E-state index contributed by atoms with van der Waals surface area (Å²) in [5.74, 6) is 1.76. The van der Waals surface area contributed by atoms with Crippen LogP contribution in [-0.2, 0) is 0 Å². The second kappa shape index (κ2) is 6.48. The zero-order valence-corrected chi connectivity index (χ0v) is 14.3. The molecule has 124 valence electrons. The van der Waals surface area contributed by atoms with Gasteiger partial charge in [-0.2, -0.15) is 16.9 Å². The number of halogens is 1. The van der Waals surface area contributed by atoms with Gasteiger partial charge in [0, 0.05) is 18.4 Å². The van der Waals surface area contributed by atoms with Gasteiger partial charge < -0.3 is 4.74 Å². The fourth-order valence-electron chi connectivity index (χ4n) is 3.34. The van der Waals surface area contributed by atoms with E-state index in [1.54, 1.807) is 12.1 Å². The highest BCUT2D eigenvalue weighted by Crippen LogP contribution is 2.43. The summed E-state index contributed by atoms with van der Waals surface area (Å²) in [4.78, 5) is 0. The second-order valence-corrected chi connectivity index (χ2v) is 7.03. The van der Waals surface area contributed by atoms with Gasteiger partial charge in [0.05, 0.1) is 11.8 Å². The van der Waals surface area contributed by atoms with Gasteiger partial charge in [0.15, 0.2) is 6.23 Å². The van der Waals surface area contributed by atoms with E-state index in [2.05, 4.69) is 17.3 Å². The Labute approximate surface area is 145 Å². The Kier molecular flexibility index (Phi) is 4.19. The van der Waals surface area contributed by atoms with Crippen molar-refractivity contribution < 1.29 is 9.13 Å². The number of hydrogen-bond acceptors (Lipinski definition) is 4. The second-order valence-electron chi connectivity index (χ2n) is 6.05. The molecule has 0 N–H and O–H groups in total. The van der Waals surface area contributed by atoms with Gasteiger partial charge in [-0.25, -0.2) is 4.39 Å². The lowest BCUT2D eigenvalue weighted by molar-refractivity contribution is -0.0180. The Morgan fingerprint density at radius 2 is 2.00 bits per heavy atom. The molecule has 2 aromatic rings. The number of fused-ring (bicyclic) bond motifs is 3. The van der Waals surface area contributed by atoms with Crippen molar-refractivity contribution in [2.75, 3.05) is 12.0 Å². The van der Waals surface area contributed by atoms with Crippen LogP contribution in [0.25, 0.3) is 0 Å². The molecule has 0 radical (unpaired) electrons. The van der Waals surface area contributed by atoms with Crippen LogP contribution in [0.5, 0.6) is 5.75 Å². The van der Waals surface area contributed by atoms with Crippen LogP contribution in [0.1, 0.15) is 30.0 Å². The molecule has 2 aliphatic heterocycles. The Hall–Kier alpha value is -2.01. The SMILES string of the molecule is CSCC[C@H]1Oc2ccccc2[C@@H]2CC(c3ccc(F)cc3)=NN12. The van der Waals surface area contributed by atoms with Gasteiger partial charge in [0.1, 0.15) is 11.6 Å². The smallest absolute Gasteiger partial charge is 0.188 e. The summed E-state index contributed by atoms with van der Waals surface area (Å²) in [5, 5.41) is 6.93. The lowest BCUT2D eigenvalue weighted by Gasteiger charge is -2.38. The zero-order chi connectivity index (χ0) is 16.5. The van der Waals surface area contributed by atoms with Crippen molar-refractivity contribution in [2.45, 2.75) is 25.1 Å². The zero-order valence-electron chi connectivity index (χ0n) is 13.5. The summed E-state index contributed by atoms with van der Waals surface area (Å²) in [5.41, 5.74) is 3.15. The van der Waals surface area contributed by atoms with Crippen LogP contribution in [0, 0.1) is 5.82 Å². The summed E-state index contributed by atoms with van der Waals surface area (Å²) < 4.78 is 19.4. The maximum Gasteiger partial charge on any atom is 0.188 e. The Bertz CT molecular complexity index is 762. The first-order valence-electron chi connectivity index (χ1n) is 8.12. The van der Waals surface area contributed by atoms with Gasteiger partial charge in [0.25, 0.3) is 0 Å². The molecule has 0 bridgehead atoms. The van der Waals surface area contributed by atoms with E-state index in [0.717, 1.165) is 35.6 Å². The molecular formula is C19H19FN2OS. The number of ether oxygens (including phenoxy) is 1. The molecule has 0 saturated heterocycles. The highest BCUT2D eigenvalue weighted by atomic mass is 32.2. The normalized spacial score (nSPS) is 21.8. The van der Waals surface area contributed by atoms with Crippen molar-refractivity contribution in [1.29, 1.82) is 0 Å². The highest BCUT2D eigenvalue weighted by molar-refractivity contribution is 7.98. The predicted octanol–water partition coefficient (Wildman–Crippen LogP) is 4.45. The van der Waals surface area contributed by atoms with Crippen LogP contribution in [0.3, 0.4) is 0 Å². The molecule has 0 unspecified atom stereocenters. The minimum absolute atomic E-state index is 0.0460. The number of hydrazone groups is 1. The van der Waals surface area contributed by atoms with Gasteiger partial charge in [0.2, 0.25) is 0 Å². The quantitative estimate of drug-likeness (QED) is 0.821. The van der Waals surface area contributed by atoms with Gasteiger partial charge in [-0.15, -0.1) is 0 Å². The van der Waals surface area contributed by atoms with Crippen molar-refractivity contribution >= 4 is 17.5 Å². The Morgan fingerprint density at radius 3 is 2.79 bits per heavy atom. The van der Waals surface area contributed by atoms with Gasteiger partial charge >= 0.3 is 0 Å². The van der Waals surface area contributed by atoms with Crippen LogP contribution >= 0.6 is 11.8 Å². The fraction of sp³-hybridized carbons (Fsp3) is 0.316. The van der Waals surface area contributed by atoms with Gasteiger partial charge in [-0.3, -0.25) is 5.01 Å². The average molecular weight is 342 g/mol. The monoisotopic (exact) mass is 342 g/mol. The molecule has 2 atom stereocenters. The van der Waals surface area contributed by atoms with E-state index in [-0.39, 0.29) is 18.1 Å². The molecule has 2 heterocycles. The van der Waals surface area contributed by atoms with Crippen LogP contribution in [0.4, 0.5) is 4.39 Å². The molecule has 24 heavy (non-hydrogen) atoms. The van der Waals surface area contributed by atoms with E-state index in [1.807, 2.05) is 30.0 Å². The lowest BCUT2D eigenvalue weighted by atomic mass is 9.96. The summed E-state index contributed by atoms with van der Waals surface area (Å²) in [6.07, 6.45) is 3.80. The molecule has 4 rings (SSSR count). The molecule has 2 aliphatic rings. The Morgan fingerprint density at radius 1 is 1.21 bits per heavy atom. The summed E-state index contributed by atoms with van der Waals surface area (Å²) >= 11 is 1.81. The molecule has 0 saturated carbocycles. The van der Waals surface area contributed by atoms with E-state index < -0.39 is 0 Å². The minimum atomic E-state index is -0.221. The minimum Gasteiger partial charge on any atom is -0.469 e. The third-order valence-electron chi connectivity index (χ3n) is 4.52. The molecule has 0 spiro atoms. The molecule has 0 amide bonds. The summed E-state index contributed by atoms with van der Waals surface area (Å²) in [6, 6.07) is 15.0. The number of thioether (sulfide) groups is 1. The van der Waals surface area contributed by atoms with Crippen molar-refractivity contribution in [1.82, 2.24) is 5.01 Å². The van der Waals surface area contributed by atoms with Crippen LogP contribution in [0.2, 0.25) is 0 Å². The predicted molar refractivity (Wildman–Crippen MR) is 96.0 cm³/mol. The van der Waals surface area contributed by atoms with Gasteiger partial charge in [-0.1, -0.05) is 30.3 Å². The Balaban J connectivity index is 1.68. The fourth-order valence-corrected chi connectivity index (χ4v) is 3.77. The van der Waals surface area contributed by atoms with E-state index >= 15 is 0 Å². The lowest BCUT2D eigenvalue weighted by Crippen LogP contribution is -2.40. The van der Waals surface area contributed by atoms with Crippen LogP contribution < -0.4 is 4.74 Å². The maximum absolute atomic E-state index is 13.2. The highest BCUT2D eigenvalue weighted by Gasteiger charge is 2.39. The molecule has 0 aliphatic carbocycles. The van der Waals surface area contributed by atoms with Crippen molar-refractivity contribution in [3.63, 3.8) is 0 Å². The van der Waals surface area contributed by atoms with Gasteiger partial charge in [-0.05, 0) is 35.8 Å². The standard InChI is InChI=1S/C19H19FN2OS/c1-24-11-10-19-22-17(15-4-2-3-5-18(15)23-19)12-16(21-22)13-6-8-14(20)9-7-13/h2-9,17,19H,10-12H2,1H3/t17-,19+/m0/s1. The first-order valence-corrected chi connectivity index (χ1v) is 9.52. The van der Waals surface area contributed by atoms with Crippen molar-refractivity contribution in [3.8, 4) is 5.75 Å². The van der Waals surface area contributed by atoms with E-state index in [1.165, 1.54) is 17.7 Å². The molecule has 2 aromatic carbocycles. The summed E-state index contributed by atoms with van der Waals surface area (Å²) in [7, 11) is 0. The first kappa shape index (κ1) is 15.5. The summed E-state index contributed by atoms with van der Waals surface area (Å²) in [6.45, 7) is 0. The van der Waals surface area contributed by atoms with Crippen molar-refractivity contribution in [3.05, 3.63) is 65.5 Å². The third-order valence-corrected chi connectivity index (χ3v) is 5.17. The molecule has 0 fully saturated rings. The maximum atomic E-state index is 13.2. The van der Waals surface area contributed by atoms with E-state index in [0.29, 0.717) is 0 Å². The molecule has 3 nitrogen and oxygen atoms in total. The molecular weight excluding hydrogens is 323 g/mol. The van der Waals surface area contributed by atoms with Crippen molar-refractivity contribution in [2.24, 2.45) is 5.10 Å². The van der Waals surface area contributed by atoms with E-state index in [4.69, 9.17) is 9.84 Å². The largest absolute Gasteiger partial charge is 0.469 e. The third kappa shape index (κ3) is 2.77. The van der Waals surface area contributed by atoms with Crippen LogP contribution in [-0.4, -0.2) is 29.0 Å². The molecule has 0 aromatic heterocycles. The topological polar surface area (TPSA) is 24.8 Å². The number of hydrogen-bond donors (Lipinski definition) is 0. The first-order chi connectivity index (χ1) is 11.8. The molecule has 5 heteroatoms. The number of nitrogens with zero attached hydrogens (tertiary/aromatic N) is 2. The number of para-hydroxylation sites is 1. The average Bonchev–Trinajstić information content (AvgIpc) is 3.06. The van der Waals surface area contributed by atoms with E-state index in [9.17, 15) is 4.39 Å². The number of rotatable bonds is 4. The number of benzene rings is 2.